The van der Waals surface area contributed by atoms with Crippen molar-refractivity contribution in [2.24, 2.45) is 10.7 Å². The molecular weight excluding hydrogens is 265 g/mol. The lowest BCUT2D eigenvalue weighted by atomic mass is 10.3. The predicted octanol–water partition coefficient (Wildman–Crippen LogP) is 1.22. The summed E-state index contributed by atoms with van der Waals surface area (Å²) in [6.45, 7) is 4.11. The van der Waals surface area contributed by atoms with E-state index < -0.39 is 0 Å². The fourth-order valence-electron chi connectivity index (χ4n) is 1.28. The summed E-state index contributed by atoms with van der Waals surface area (Å²) in [6, 6.07) is 0. The van der Waals surface area contributed by atoms with Gasteiger partial charge < -0.3 is 10.6 Å². The zero-order valence-corrected chi connectivity index (χ0v) is 9.46. The summed E-state index contributed by atoms with van der Waals surface area (Å²) in [5, 5.41) is 0. The van der Waals surface area contributed by atoms with Crippen LogP contribution in [-0.4, -0.2) is 34.9 Å². The Morgan fingerprint density at radius 1 is 1.50 bits per heavy atom. The summed E-state index contributed by atoms with van der Waals surface area (Å²) in [7, 11) is 0. The molecular formula is C8H16IN3. The number of rotatable bonds is 4. The molecule has 0 saturated carbocycles. The third-order valence-electron chi connectivity index (χ3n) is 1.97. The molecule has 70 valence electrons. The summed E-state index contributed by atoms with van der Waals surface area (Å²) >= 11 is 2.32. The van der Waals surface area contributed by atoms with E-state index in [1.165, 1.54) is 23.2 Å². The maximum absolute atomic E-state index is 5.43. The number of nitrogens with zero attached hydrogens (tertiary/aromatic N) is 2. The van der Waals surface area contributed by atoms with Crippen LogP contribution in [0.5, 0.6) is 0 Å². The van der Waals surface area contributed by atoms with Gasteiger partial charge in [0.1, 0.15) is 0 Å². The quantitative estimate of drug-likeness (QED) is 0.478. The van der Waals surface area contributed by atoms with Crippen LogP contribution in [0, 0.1) is 0 Å². The van der Waals surface area contributed by atoms with Crippen molar-refractivity contribution in [2.45, 2.75) is 19.3 Å². The van der Waals surface area contributed by atoms with Crippen LogP contribution < -0.4 is 5.73 Å². The number of hydrogen-bond donors (Lipinski definition) is 1. The summed E-state index contributed by atoms with van der Waals surface area (Å²) in [6.07, 6.45) is 3.52. The molecule has 0 atom stereocenters. The third-order valence-corrected chi connectivity index (χ3v) is 2.99. The topological polar surface area (TPSA) is 41.6 Å². The van der Waals surface area contributed by atoms with Crippen LogP contribution in [0.1, 0.15) is 19.3 Å². The highest BCUT2D eigenvalue weighted by atomic mass is 127. The van der Waals surface area contributed by atoms with Crippen LogP contribution in [0.25, 0.3) is 0 Å². The van der Waals surface area contributed by atoms with Gasteiger partial charge in [0, 0.05) is 19.6 Å². The van der Waals surface area contributed by atoms with Crippen molar-refractivity contribution in [1.82, 2.24) is 4.90 Å². The fourth-order valence-corrected chi connectivity index (χ4v) is 2.00. The standard InChI is InChI=1S/C8H16IN3/c9-8-11-5-3-7-12(8)6-2-1-4-10/h1-7,10H2. The van der Waals surface area contributed by atoms with E-state index in [1.54, 1.807) is 0 Å². The molecule has 0 aromatic carbocycles. The summed E-state index contributed by atoms with van der Waals surface area (Å²) < 4.78 is 1.18. The normalized spacial score (nSPS) is 17.8. The number of hydrogen-bond acceptors (Lipinski definition) is 3. The Balaban J connectivity index is 2.21. The molecule has 2 N–H and O–H groups in total. The zero-order valence-electron chi connectivity index (χ0n) is 7.30. The molecule has 0 saturated heterocycles. The zero-order chi connectivity index (χ0) is 8.81. The van der Waals surface area contributed by atoms with Gasteiger partial charge in [-0.2, -0.15) is 0 Å². The lowest BCUT2D eigenvalue weighted by Crippen LogP contribution is -2.33. The molecule has 0 fully saturated rings. The number of aliphatic imine (C=N–C) groups is 1. The average molecular weight is 281 g/mol. The first-order valence-electron chi connectivity index (χ1n) is 4.49. The van der Waals surface area contributed by atoms with E-state index in [0.29, 0.717) is 0 Å². The molecule has 3 nitrogen and oxygen atoms in total. The minimum atomic E-state index is 0.807. The molecule has 0 aromatic rings. The molecule has 12 heavy (non-hydrogen) atoms. The molecule has 0 spiro atoms. The van der Waals surface area contributed by atoms with Gasteiger partial charge in [0.05, 0.1) is 0 Å². The third kappa shape index (κ3) is 3.26. The number of nitrogens with two attached hydrogens (primary N) is 1. The van der Waals surface area contributed by atoms with E-state index >= 15 is 0 Å². The highest BCUT2D eigenvalue weighted by Gasteiger charge is 2.10. The summed E-state index contributed by atoms with van der Waals surface area (Å²) in [4.78, 5) is 6.73. The van der Waals surface area contributed by atoms with Gasteiger partial charge in [-0.15, -0.1) is 0 Å². The highest BCUT2D eigenvalue weighted by molar-refractivity contribution is 14.1. The molecule has 4 heteroatoms. The van der Waals surface area contributed by atoms with Crippen LogP contribution in [0.4, 0.5) is 0 Å². The Morgan fingerprint density at radius 3 is 3.00 bits per heavy atom. The number of amidine groups is 1. The molecule has 0 bridgehead atoms. The number of halogens is 1. The van der Waals surface area contributed by atoms with E-state index in [2.05, 4.69) is 32.5 Å². The second-order valence-electron chi connectivity index (χ2n) is 2.99. The maximum atomic E-state index is 5.43. The van der Waals surface area contributed by atoms with Crippen LogP contribution in [0.15, 0.2) is 4.99 Å². The van der Waals surface area contributed by atoms with Crippen LogP contribution in [0.2, 0.25) is 0 Å². The average Bonchev–Trinajstić information content (AvgIpc) is 2.09. The second-order valence-corrected chi connectivity index (χ2v) is 3.95. The van der Waals surface area contributed by atoms with Crippen LogP contribution in [0.3, 0.4) is 0 Å². The Labute approximate surface area is 87.5 Å². The Kier molecular flexibility index (Phi) is 4.90. The fraction of sp³-hybridized carbons (Fsp3) is 0.875. The van der Waals surface area contributed by atoms with Gasteiger partial charge in [0.25, 0.3) is 0 Å². The van der Waals surface area contributed by atoms with Gasteiger partial charge in [-0.3, -0.25) is 4.99 Å². The molecule has 1 heterocycles. The predicted molar refractivity (Wildman–Crippen MR) is 60.8 cm³/mol. The van der Waals surface area contributed by atoms with E-state index in [0.717, 1.165) is 26.1 Å². The first-order valence-corrected chi connectivity index (χ1v) is 5.57. The van der Waals surface area contributed by atoms with Crippen molar-refractivity contribution in [3.05, 3.63) is 0 Å². The van der Waals surface area contributed by atoms with Gasteiger partial charge in [-0.25, -0.2) is 0 Å². The van der Waals surface area contributed by atoms with Gasteiger partial charge in [0.15, 0.2) is 3.84 Å². The molecule has 0 radical (unpaired) electrons. The molecule has 0 unspecified atom stereocenters. The van der Waals surface area contributed by atoms with Crippen molar-refractivity contribution in [3.8, 4) is 0 Å². The van der Waals surface area contributed by atoms with Crippen LogP contribution in [-0.2, 0) is 0 Å². The first kappa shape index (κ1) is 10.2. The van der Waals surface area contributed by atoms with Gasteiger partial charge in [0.2, 0.25) is 0 Å². The van der Waals surface area contributed by atoms with Gasteiger partial charge >= 0.3 is 0 Å². The van der Waals surface area contributed by atoms with E-state index in [9.17, 15) is 0 Å². The first-order chi connectivity index (χ1) is 5.84. The Hall–Kier alpha value is 0.160. The van der Waals surface area contributed by atoms with Gasteiger partial charge in [-0.05, 0) is 48.4 Å². The van der Waals surface area contributed by atoms with Gasteiger partial charge in [-0.1, -0.05) is 0 Å². The van der Waals surface area contributed by atoms with Crippen molar-refractivity contribution >= 4 is 26.4 Å². The van der Waals surface area contributed by atoms with E-state index in [1.807, 2.05) is 0 Å². The van der Waals surface area contributed by atoms with Crippen molar-refractivity contribution in [2.75, 3.05) is 26.2 Å². The summed E-state index contributed by atoms with van der Waals surface area (Å²) in [5.41, 5.74) is 5.43. The lowest BCUT2D eigenvalue weighted by molar-refractivity contribution is 0.394. The largest absolute Gasteiger partial charge is 0.352 e. The monoisotopic (exact) mass is 281 g/mol. The molecule has 1 aliphatic heterocycles. The molecule has 0 amide bonds. The highest BCUT2D eigenvalue weighted by Crippen LogP contribution is 2.09. The van der Waals surface area contributed by atoms with Crippen molar-refractivity contribution in [1.29, 1.82) is 0 Å². The Bertz CT molecular complexity index is 158. The molecule has 1 rings (SSSR count). The maximum Gasteiger partial charge on any atom is 0.162 e. The lowest BCUT2D eigenvalue weighted by Gasteiger charge is -2.25. The molecule has 1 aliphatic rings. The number of unbranched alkanes of at least 4 members (excludes halogenated alkanes) is 1. The SMILES string of the molecule is NCCCCN1CCCN=C1I. The summed E-state index contributed by atoms with van der Waals surface area (Å²) in [5.74, 6) is 0. The van der Waals surface area contributed by atoms with Crippen LogP contribution >= 0.6 is 22.6 Å². The van der Waals surface area contributed by atoms with Crippen molar-refractivity contribution in [3.63, 3.8) is 0 Å². The molecule has 0 aliphatic carbocycles. The van der Waals surface area contributed by atoms with Crippen molar-refractivity contribution < 1.29 is 0 Å². The Morgan fingerprint density at radius 2 is 2.33 bits per heavy atom. The molecule has 0 aromatic heterocycles. The van der Waals surface area contributed by atoms with E-state index in [4.69, 9.17) is 5.73 Å². The minimum Gasteiger partial charge on any atom is -0.352 e. The van der Waals surface area contributed by atoms with E-state index in [-0.39, 0.29) is 0 Å². The smallest absolute Gasteiger partial charge is 0.162 e. The second kappa shape index (κ2) is 5.75. The minimum absolute atomic E-state index is 0.807.